The molecule has 0 unspecified atom stereocenters. The van der Waals surface area contributed by atoms with Gasteiger partial charge in [0, 0.05) is 18.9 Å². The molecular weight excluding hydrogens is 268 g/mol. The number of aromatic nitrogens is 5. The van der Waals surface area contributed by atoms with Crippen molar-refractivity contribution in [2.45, 2.75) is 39.5 Å². The van der Waals surface area contributed by atoms with Crippen molar-refractivity contribution in [3.63, 3.8) is 0 Å². The predicted octanol–water partition coefficient (Wildman–Crippen LogP) is 2.45. The maximum absolute atomic E-state index is 5.63. The van der Waals surface area contributed by atoms with Crippen molar-refractivity contribution in [2.24, 2.45) is 0 Å². The number of hydrogen-bond acceptors (Lipinski definition) is 6. The molecule has 0 aliphatic carbocycles. The molecule has 0 fully saturated rings. The summed E-state index contributed by atoms with van der Waals surface area (Å²) in [6.45, 7) is 5.53. The van der Waals surface area contributed by atoms with Gasteiger partial charge in [-0.1, -0.05) is 26.2 Å². The van der Waals surface area contributed by atoms with Gasteiger partial charge in [-0.05, 0) is 19.4 Å². The molecule has 2 rings (SSSR count). The summed E-state index contributed by atoms with van der Waals surface area (Å²) in [4.78, 5) is 12.9. The Balaban J connectivity index is 2.05. The molecule has 0 spiro atoms. The van der Waals surface area contributed by atoms with Gasteiger partial charge in [-0.3, -0.25) is 0 Å². The summed E-state index contributed by atoms with van der Waals surface area (Å²) < 4.78 is 7.22. The lowest BCUT2D eigenvalue weighted by atomic mass is 10.2. The average Bonchev–Trinajstić information content (AvgIpc) is 3.01. The van der Waals surface area contributed by atoms with E-state index < -0.39 is 0 Å². The second-order valence-corrected chi connectivity index (χ2v) is 4.63. The number of anilines is 1. The van der Waals surface area contributed by atoms with Crippen molar-refractivity contribution in [3.05, 3.63) is 18.5 Å². The smallest absolute Gasteiger partial charge is 0.323 e. The van der Waals surface area contributed by atoms with Crippen molar-refractivity contribution in [2.75, 3.05) is 18.5 Å². The van der Waals surface area contributed by atoms with E-state index in [-0.39, 0.29) is 0 Å². The molecule has 1 N–H and O–H groups in total. The van der Waals surface area contributed by atoms with Gasteiger partial charge < -0.3 is 10.1 Å². The number of nitrogens with zero attached hydrogens (tertiary/aromatic N) is 5. The molecule has 0 aliphatic heterocycles. The van der Waals surface area contributed by atoms with Gasteiger partial charge in [-0.15, -0.1) is 0 Å². The molecule has 0 atom stereocenters. The minimum atomic E-state index is 0.336. The van der Waals surface area contributed by atoms with E-state index in [1.165, 1.54) is 12.8 Å². The monoisotopic (exact) mass is 290 g/mol. The molecule has 0 aliphatic rings. The van der Waals surface area contributed by atoms with Gasteiger partial charge in [0.2, 0.25) is 5.95 Å². The van der Waals surface area contributed by atoms with E-state index in [1.54, 1.807) is 17.1 Å². The average molecular weight is 290 g/mol. The van der Waals surface area contributed by atoms with Gasteiger partial charge in [-0.2, -0.15) is 20.1 Å². The molecule has 114 valence electrons. The standard InChI is InChI=1S/C14H22N6O/c1-3-5-6-7-11-21-14-18-12(15-4-2)17-13(19-14)20-10-8-9-16-20/h8-10H,3-7,11H2,1-2H3,(H,15,17,18,19). The first-order chi connectivity index (χ1) is 10.3. The Morgan fingerprint density at radius 3 is 2.76 bits per heavy atom. The maximum atomic E-state index is 5.63. The van der Waals surface area contributed by atoms with Crippen LogP contribution in [0.1, 0.15) is 39.5 Å². The molecule has 0 aromatic carbocycles. The third-order valence-corrected chi connectivity index (χ3v) is 2.88. The fraction of sp³-hybridized carbons (Fsp3) is 0.571. The van der Waals surface area contributed by atoms with Gasteiger partial charge in [-0.25, -0.2) is 4.68 Å². The number of ether oxygens (including phenoxy) is 1. The van der Waals surface area contributed by atoms with Crippen molar-refractivity contribution in [1.82, 2.24) is 24.7 Å². The van der Waals surface area contributed by atoms with E-state index in [4.69, 9.17) is 4.74 Å². The molecule has 0 amide bonds. The number of unbranched alkanes of at least 4 members (excludes halogenated alkanes) is 3. The summed E-state index contributed by atoms with van der Waals surface area (Å²) in [6, 6.07) is 2.16. The predicted molar refractivity (Wildman–Crippen MR) is 80.7 cm³/mol. The highest BCUT2D eigenvalue weighted by molar-refractivity contribution is 5.29. The Morgan fingerprint density at radius 1 is 1.14 bits per heavy atom. The summed E-state index contributed by atoms with van der Waals surface area (Å²) >= 11 is 0. The van der Waals surface area contributed by atoms with Crippen LogP contribution < -0.4 is 10.1 Å². The molecule has 0 bridgehead atoms. The molecule has 7 nitrogen and oxygen atoms in total. The lowest BCUT2D eigenvalue weighted by Crippen LogP contribution is -2.11. The first kappa shape index (κ1) is 15.2. The normalized spacial score (nSPS) is 10.6. The van der Waals surface area contributed by atoms with Gasteiger partial charge in [0.15, 0.2) is 0 Å². The van der Waals surface area contributed by atoms with Gasteiger partial charge in [0.25, 0.3) is 5.95 Å². The highest BCUT2D eigenvalue weighted by Gasteiger charge is 2.09. The molecule has 2 heterocycles. The van der Waals surface area contributed by atoms with Crippen molar-refractivity contribution >= 4 is 5.95 Å². The molecular formula is C14H22N6O. The van der Waals surface area contributed by atoms with Crippen molar-refractivity contribution in [3.8, 4) is 12.0 Å². The Kier molecular flexibility index (Phi) is 5.93. The van der Waals surface area contributed by atoms with Gasteiger partial charge in [0.05, 0.1) is 6.61 Å². The second kappa shape index (κ2) is 8.18. The molecule has 2 aromatic heterocycles. The fourth-order valence-electron chi connectivity index (χ4n) is 1.83. The Hall–Kier alpha value is -2.18. The molecule has 2 aromatic rings. The van der Waals surface area contributed by atoms with Crippen molar-refractivity contribution < 1.29 is 4.74 Å². The van der Waals surface area contributed by atoms with E-state index in [1.807, 2.05) is 13.0 Å². The van der Waals surface area contributed by atoms with E-state index >= 15 is 0 Å². The van der Waals surface area contributed by atoms with Crippen LogP contribution in [0.3, 0.4) is 0 Å². The van der Waals surface area contributed by atoms with E-state index in [9.17, 15) is 0 Å². The summed E-state index contributed by atoms with van der Waals surface area (Å²) in [5.41, 5.74) is 0. The first-order valence-electron chi connectivity index (χ1n) is 7.46. The number of nitrogens with one attached hydrogen (secondary N) is 1. The summed E-state index contributed by atoms with van der Waals surface area (Å²) in [7, 11) is 0. The SMILES string of the molecule is CCCCCCOc1nc(NCC)nc(-n2cccn2)n1. The fourth-order valence-corrected chi connectivity index (χ4v) is 1.83. The molecule has 0 saturated heterocycles. The molecule has 21 heavy (non-hydrogen) atoms. The third kappa shape index (κ3) is 4.70. The van der Waals surface area contributed by atoms with Crippen LogP contribution in [0.15, 0.2) is 18.5 Å². The molecule has 0 radical (unpaired) electrons. The summed E-state index contributed by atoms with van der Waals surface area (Å²) in [5, 5.41) is 7.21. The highest BCUT2D eigenvalue weighted by atomic mass is 16.5. The minimum absolute atomic E-state index is 0.336. The second-order valence-electron chi connectivity index (χ2n) is 4.63. The van der Waals surface area contributed by atoms with E-state index in [0.29, 0.717) is 24.5 Å². The van der Waals surface area contributed by atoms with Crippen molar-refractivity contribution in [1.29, 1.82) is 0 Å². The van der Waals surface area contributed by atoms with Crippen LogP contribution >= 0.6 is 0 Å². The van der Waals surface area contributed by atoms with Crippen LogP contribution in [0.25, 0.3) is 5.95 Å². The summed E-state index contributed by atoms with van der Waals surface area (Å²) in [6.07, 6.45) is 8.07. The van der Waals surface area contributed by atoms with Gasteiger partial charge >= 0.3 is 6.01 Å². The van der Waals surface area contributed by atoms with E-state index in [2.05, 4.69) is 32.3 Å². The zero-order valence-electron chi connectivity index (χ0n) is 12.6. The minimum Gasteiger partial charge on any atom is -0.463 e. The highest BCUT2D eigenvalue weighted by Crippen LogP contribution is 2.11. The van der Waals surface area contributed by atoms with Crippen LogP contribution in [-0.2, 0) is 0 Å². The lowest BCUT2D eigenvalue weighted by Gasteiger charge is -2.08. The van der Waals surface area contributed by atoms with Crippen LogP contribution in [-0.4, -0.2) is 37.9 Å². The van der Waals surface area contributed by atoms with E-state index in [0.717, 1.165) is 19.4 Å². The number of hydrogen-bond donors (Lipinski definition) is 1. The van der Waals surface area contributed by atoms with Crippen LogP contribution in [0, 0.1) is 0 Å². The largest absolute Gasteiger partial charge is 0.463 e. The quantitative estimate of drug-likeness (QED) is 0.715. The van der Waals surface area contributed by atoms with Gasteiger partial charge in [0.1, 0.15) is 0 Å². The maximum Gasteiger partial charge on any atom is 0.323 e. The Bertz CT molecular complexity index is 528. The molecule has 0 saturated carbocycles. The van der Waals surface area contributed by atoms with Crippen LogP contribution in [0.5, 0.6) is 6.01 Å². The first-order valence-corrected chi connectivity index (χ1v) is 7.46. The molecule has 7 heteroatoms. The van der Waals surface area contributed by atoms with Crippen LogP contribution in [0.2, 0.25) is 0 Å². The zero-order chi connectivity index (χ0) is 14.9. The lowest BCUT2D eigenvalue weighted by molar-refractivity contribution is 0.280. The number of rotatable bonds is 9. The summed E-state index contributed by atoms with van der Waals surface area (Å²) in [5.74, 6) is 0.955. The topological polar surface area (TPSA) is 77.8 Å². The Labute approximate surface area is 124 Å². The van der Waals surface area contributed by atoms with Crippen LogP contribution in [0.4, 0.5) is 5.95 Å². The Morgan fingerprint density at radius 2 is 2.05 bits per heavy atom. The zero-order valence-corrected chi connectivity index (χ0v) is 12.6. The third-order valence-electron chi connectivity index (χ3n) is 2.88.